The number of nitrogens with one attached hydrogen (secondary N) is 2. The number of carbonyl (C=O) groups is 1. The molecule has 0 atom stereocenters. The van der Waals surface area contributed by atoms with Crippen molar-refractivity contribution in [1.82, 2.24) is 4.72 Å². The first-order valence-electron chi connectivity index (χ1n) is 9.10. The van der Waals surface area contributed by atoms with Crippen molar-refractivity contribution in [2.24, 2.45) is 0 Å². The number of amides is 1. The lowest BCUT2D eigenvalue weighted by Gasteiger charge is -2.08. The number of rotatable bonds is 8. The Hall–Kier alpha value is -2.23. The van der Waals surface area contributed by atoms with Gasteiger partial charge in [0.2, 0.25) is 15.9 Å². The van der Waals surface area contributed by atoms with Gasteiger partial charge in [-0.3, -0.25) is 4.79 Å². The molecule has 0 aliphatic rings. The van der Waals surface area contributed by atoms with E-state index in [1.54, 1.807) is 24.3 Å². The van der Waals surface area contributed by atoms with Crippen LogP contribution in [0.2, 0.25) is 0 Å². The minimum Gasteiger partial charge on any atom is -0.326 e. The van der Waals surface area contributed by atoms with Gasteiger partial charge in [0.25, 0.3) is 0 Å². The third kappa shape index (κ3) is 6.66. The molecule has 0 heterocycles. The predicted octanol–water partition coefficient (Wildman–Crippen LogP) is 4.34. The average Bonchev–Trinajstić information content (AvgIpc) is 2.74. The summed E-state index contributed by atoms with van der Waals surface area (Å²) in [5.41, 5.74) is 2.57. The van der Waals surface area contributed by atoms with E-state index in [4.69, 9.17) is 0 Å². The van der Waals surface area contributed by atoms with Crippen molar-refractivity contribution in [3.05, 3.63) is 93.6 Å². The summed E-state index contributed by atoms with van der Waals surface area (Å²) in [6.45, 7) is 0.240. The van der Waals surface area contributed by atoms with Crippen LogP contribution in [0.25, 0.3) is 0 Å². The van der Waals surface area contributed by atoms with Crippen LogP contribution in [0.5, 0.6) is 0 Å². The second-order valence-electron chi connectivity index (χ2n) is 6.51. The first kappa shape index (κ1) is 21.5. The van der Waals surface area contributed by atoms with Gasteiger partial charge in [-0.15, -0.1) is 0 Å². The smallest absolute Gasteiger partial charge is 0.240 e. The Kier molecular flexibility index (Phi) is 7.40. The van der Waals surface area contributed by atoms with Crippen molar-refractivity contribution >= 4 is 44.2 Å². The summed E-state index contributed by atoms with van der Waals surface area (Å²) in [6, 6.07) is 23.6. The Bertz CT molecular complexity index is 1050. The summed E-state index contributed by atoms with van der Waals surface area (Å²) in [5, 5.41) is 2.86. The Morgan fingerprint density at radius 1 is 0.828 bits per heavy atom. The maximum absolute atomic E-state index is 12.4. The first-order chi connectivity index (χ1) is 13.9. The van der Waals surface area contributed by atoms with E-state index in [9.17, 15) is 13.2 Å². The van der Waals surface area contributed by atoms with Crippen LogP contribution in [0.4, 0.5) is 5.69 Å². The van der Waals surface area contributed by atoms with Crippen LogP contribution in [-0.2, 0) is 27.8 Å². The van der Waals surface area contributed by atoms with Crippen molar-refractivity contribution in [1.29, 1.82) is 0 Å². The van der Waals surface area contributed by atoms with Crippen LogP contribution in [0, 0.1) is 3.57 Å². The fraction of sp³-hybridized carbons (Fsp3) is 0.136. The predicted molar refractivity (Wildman–Crippen MR) is 123 cm³/mol. The minimum atomic E-state index is -3.58. The van der Waals surface area contributed by atoms with Gasteiger partial charge >= 0.3 is 0 Å². The quantitative estimate of drug-likeness (QED) is 0.434. The van der Waals surface area contributed by atoms with Crippen molar-refractivity contribution < 1.29 is 13.2 Å². The fourth-order valence-electron chi connectivity index (χ4n) is 2.71. The molecule has 3 aromatic carbocycles. The molecule has 1 amide bonds. The molecule has 0 fully saturated rings. The number of hydrogen-bond donors (Lipinski definition) is 2. The van der Waals surface area contributed by atoms with E-state index >= 15 is 0 Å². The van der Waals surface area contributed by atoms with E-state index in [2.05, 4.69) is 32.6 Å². The van der Waals surface area contributed by atoms with Gasteiger partial charge in [-0.05, 0) is 76.5 Å². The van der Waals surface area contributed by atoms with E-state index in [0.29, 0.717) is 12.8 Å². The zero-order valence-electron chi connectivity index (χ0n) is 15.6. The molecule has 2 N–H and O–H groups in total. The monoisotopic (exact) mass is 520 g/mol. The van der Waals surface area contributed by atoms with E-state index in [0.717, 1.165) is 20.4 Å². The second kappa shape index (κ2) is 10.00. The molecule has 0 aliphatic carbocycles. The highest BCUT2D eigenvalue weighted by molar-refractivity contribution is 14.1. The first-order valence-corrected chi connectivity index (χ1v) is 11.7. The molecule has 0 unspecified atom stereocenters. The van der Waals surface area contributed by atoms with Gasteiger partial charge in [0.15, 0.2) is 0 Å². The van der Waals surface area contributed by atoms with Crippen molar-refractivity contribution in [3.63, 3.8) is 0 Å². The van der Waals surface area contributed by atoms with Gasteiger partial charge in [0.05, 0.1) is 4.90 Å². The van der Waals surface area contributed by atoms with Crippen molar-refractivity contribution in [3.8, 4) is 0 Å². The molecule has 3 aromatic rings. The molecule has 0 bridgehead atoms. The molecule has 0 spiro atoms. The van der Waals surface area contributed by atoms with Gasteiger partial charge in [-0.2, -0.15) is 0 Å². The summed E-state index contributed by atoms with van der Waals surface area (Å²) < 4.78 is 28.6. The van der Waals surface area contributed by atoms with E-state index < -0.39 is 10.0 Å². The Morgan fingerprint density at radius 3 is 2.14 bits per heavy atom. The molecule has 29 heavy (non-hydrogen) atoms. The number of benzene rings is 3. The van der Waals surface area contributed by atoms with Gasteiger partial charge in [0.1, 0.15) is 0 Å². The van der Waals surface area contributed by atoms with Crippen LogP contribution in [0.15, 0.2) is 83.8 Å². The van der Waals surface area contributed by atoms with Crippen LogP contribution < -0.4 is 10.0 Å². The summed E-state index contributed by atoms with van der Waals surface area (Å²) in [7, 11) is -3.58. The number of carbonyl (C=O) groups excluding carboxylic acids is 1. The minimum absolute atomic E-state index is 0.0765. The molecular formula is C22H21IN2O3S. The molecule has 0 aromatic heterocycles. The lowest BCUT2D eigenvalue weighted by atomic mass is 10.1. The normalized spacial score (nSPS) is 11.2. The standard InChI is InChI=1S/C22H21IN2O3S/c23-19-9-11-20(12-10-19)25-22(26)15-8-17-6-13-21(14-7-17)29(27,28)24-16-18-4-2-1-3-5-18/h1-7,9-14,24H,8,15-16H2,(H,25,26). The van der Waals surface area contributed by atoms with E-state index in [1.165, 1.54) is 0 Å². The van der Waals surface area contributed by atoms with Crippen molar-refractivity contribution in [2.75, 3.05) is 5.32 Å². The van der Waals surface area contributed by atoms with Crippen LogP contribution in [0.1, 0.15) is 17.5 Å². The van der Waals surface area contributed by atoms with E-state index in [1.807, 2.05) is 54.6 Å². The van der Waals surface area contributed by atoms with Gasteiger partial charge in [-0.1, -0.05) is 42.5 Å². The maximum Gasteiger partial charge on any atom is 0.240 e. The summed E-state index contributed by atoms with van der Waals surface area (Å²) in [6.07, 6.45) is 0.859. The maximum atomic E-state index is 12.4. The summed E-state index contributed by atoms with van der Waals surface area (Å²) in [4.78, 5) is 12.3. The fourth-order valence-corrected chi connectivity index (χ4v) is 4.08. The average molecular weight is 520 g/mol. The van der Waals surface area contributed by atoms with Crippen LogP contribution in [0.3, 0.4) is 0 Å². The number of halogens is 1. The summed E-state index contributed by atoms with van der Waals surface area (Å²) >= 11 is 2.21. The van der Waals surface area contributed by atoms with Crippen molar-refractivity contribution in [2.45, 2.75) is 24.3 Å². The van der Waals surface area contributed by atoms with Crippen LogP contribution >= 0.6 is 22.6 Å². The lowest BCUT2D eigenvalue weighted by molar-refractivity contribution is -0.116. The highest BCUT2D eigenvalue weighted by Crippen LogP contribution is 2.14. The third-order valence-electron chi connectivity index (χ3n) is 4.31. The summed E-state index contributed by atoms with van der Waals surface area (Å²) in [5.74, 6) is -0.0765. The molecule has 150 valence electrons. The molecule has 7 heteroatoms. The Morgan fingerprint density at radius 2 is 1.48 bits per heavy atom. The Balaban J connectivity index is 1.52. The number of anilines is 1. The molecule has 0 aliphatic heterocycles. The zero-order valence-corrected chi connectivity index (χ0v) is 18.6. The SMILES string of the molecule is O=C(CCc1ccc(S(=O)(=O)NCc2ccccc2)cc1)Nc1ccc(I)cc1. The Labute approximate surface area is 184 Å². The zero-order chi connectivity index (χ0) is 20.7. The van der Waals surface area contributed by atoms with Gasteiger partial charge in [0, 0.05) is 22.2 Å². The number of hydrogen-bond acceptors (Lipinski definition) is 3. The highest BCUT2D eigenvalue weighted by atomic mass is 127. The second-order valence-corrected chi connectivity index (χ2v) is 9.52. The third-order valence-corrected chi connectivity index (χ3v) is 6.45. The molecule has 0 radical (unpaired) electrons. The van der Waals surface area contributed by atoms with E-state index in [-0.39, 0.29) is 17.3 Å². The topological polar surface area (TPSA) is 75.3 Å². The van der Waals surface area contributed by atoms with Crippen LogP contribution in [-0.4, -0.2) is 14.3 Å². The van der Waals surface area contributed by atoms with Gasteiger partial charge in [-0.25, -0.2) is 13.1 Å². The molecule has 0 saturated carbocycles. The number of sulfonamides is 1. The molecule has 3 rings (SSSR count). The molecular weight excluding hydrogens is 499 g/mol. The van der Waals surface area contributed by atoms with Gasteiger partial charge < -0.3 is 5.32 Å². The number of aryl methyl sites for hydroxylation is 1. The largest absolute Gasteiger partial charge is 0.326 e. The lowest BCUT2D eigenvalue weighted by Crippen LogP contribution is -2.23. The highest BCUT2D eigenvalue weighted by Gasteiger charge is 2.13. The molecule has 5 nitrogen and oxygen atoms in total. The molecule has 0 saturated heterocycles.